The Morgan fingerprint density at radius 1 is 1.50 bits per heavy atom. The van der Waals surface area contributed by atoms with Crippen molar-refractivity contribution in [3.8, 4) is 0 Å². The minimum atomic E-state index is 0.467. The molecule has 0 atom stereocenters. The van der Waals surface area contributed by atoms with Crippen molar-refractivity contribution in [1.29, 1.82) is 0 Å². The highest BCUT2D eigenvalue weighted by molar-refractivity contribution is 6.31. The van der Waals surface area contributed by atoms with E-state index in [0.29, 0.717) is 16.9 Å². The number of aromatic nitrogens is 1. The van der Waals surface area contributed by atoms with Crippen LogP contribution in [0.2, 0.25) is 5.02 Å². The van der Waals surface area contributed by atoms with Gasteiger partial charge in [0.2, 0.25) is 0 Å². The van der Waals surface area contributed by atoms with Crippen molar-refractivity contribution in [2.24, 2.45) is 0 Å². The highest BCUT2D eigenvalue weighted by Gasteiger charge is 2.08. The van der Waals surface area contributed by atoms with Crippen LogP contribution in [0.15, 0.2) is 12.1 Å². The second-order valence-electron chi connectivity index (χ2n) is 3.67. The summed E-state index contributed by atoms with van der Waals surface area (Å²) in [6.07, 6.45) is 0. The first-order chi connectivity index (χ1) is 6.50. The van der Waals surface area contributed by atoms with Crippen molar-refractivity contribution < 1.29 is 0 Å². The molecule has 0 radical (unpaired) electrons. The van der Waals surface area contributed by atoms with Gasteiger partial charge in [-0.3, -0.25) is 4.90 Å². The fourth-order valence-corrected chi connectivity index (χ4v) is 1.20. The Balaban J connectivity index is 2.80. The molecule has 14 heavy (non-hydrogen) atoms. The average molecular weight is 214 g/mol. The predicted octanol–water partition coefficient (Wildman–Crippen LogP) is 2.16. The maximum atomic E-state index is 6.00. The van der Waals surface area contributed by atoms with Gasteiger partial charge in [0.25, 0.3) is 0 Å². The van der Waals surface area contributed by atoms with Crippen molar-refractivity contribution in [2.75, 3.05) is 12.8 Å². The normalized spacial score (nSPS) is 11.3. The van der Waals surface area contributed by atoms with Crippen LogP contribution in [0.5, 0.6) is 0 Å². The molecule has 2 N–H and O–H groups in total. The first kappa shape index (κ1) is 11.3. The first-order valence-electron chi connectivity index (χ1n) is 4.62. The standard InChI is InChI=1S/C10H16ClN3/c1-7(2)14(3)6-9-8(11)4-5-10(12)13-9/h4-5,7H,6H2,1-3H3,(H2,12,13). The molecule has 0 aromatic carbocycles. The topological polar surface area (TPSA) is 42.2 Å². The summed E-state index contributed by atoms with van der Waals surface area (Å²) in [4.78, 5) is 6.36. The molecule has 0 unspecified atom stereocenters. The summed E-state index contributed by atoms with van der Waals surface area (Å²) >= 11 is 6.00. The second-order valence-corrected chi connectivity index (χ2v) is 4.08. The maximum Gasteiger partial charge on any atom is 0.123 e. The summed E-state index contributed by atoms with van der Waals surface area (Å²) in [5, 5.41) is 0.673. The highest BCUT2D eigenvalue weighted by atomic mass is 35.5. The number of nitrogens with two attached hydrogens (primary N) is 1. The van der Waals surface area contributed by atoms with Crippen LogP contribution >= 0.6 is 11.6 Å². The Morgan fingerprint density at radius 3 is 2.71 bits per heavy atom. The van der Waals surface area contributed by atoms with E-state index in [1.165, 1.54) is 0 Å². The van der Waals surface area contributed by atoms with Crippen LogP contribution in [0, 0.1) is 0 Å². The van der Waals surface area contributed by atoms with Crippen molar-refractivity contribution in [3.05, 3.63) is 22.8 Å². The summed E-state index contributed by atoms with van der Waals surface area (Å²) in [5.41, 5.74) is 6.43. The molecular weight excluding hydrogens is 198 g/mol. The molecular formula is C10H16ClN3. The molecule has 0 amide bonds. The number of halogens is 1. The van der Waals surface area contributed by atoms with Gasteiger partial charge in [-0.2, -0.15) is 0 Å². The van der Waals surface area contributed by atoms with Gasteiger partial charge in [0, 0.05) is 12.6 Å². The summed E-state index contributed by atoms with van der Waals surface area (Å²) in [6, 6.07) is 3.96. The van der Waals surface area contributed by atoms with Gasteiger partial charge in [0.1, 0.15) is 5.82 Å². The Morgan fingerprint density at radius 2 is 2.14 bits per heavy atom. The molecule has 0 aliphatic carbocycles. The van der Waals surface area contributed by atoms with Gasteiger partial charge in [-0.1, -0.05) is 11.6 Å². The van der Waals surface area contributed by atoms with E-state index in [4.69, 9.17) is 17.3 Å². The van der Waals surface area contributed by atoms with Gasteiger partial charge in [0.15, 0.2) is 0 Å². The smallest absolute Gasteiger partial charge is 0.123 e. The van der Waals surface area contributed by atoms with Gasteiger partial charge in [-0.05, 0) is 33.0 Å². The molecule has 0 spiro atoms. The van der Waals surface area contributed by atoms with Crippen LogP contribution in [-0.2, 0) is 6.54 Å². The fourth-order valence-electron chi connectivity index (χ4n) is 1.03. The summed E-state index contributed by atoms with van der Waals surface area (Å²) in [5.74, 6) is 0.515. The number of hydrogen-bond donors (Lipinski definition) is 1. The molecule has 0 fully saturated rings. The minimum absolute atomic E-state index is 0.467. The predicted molar refractivity (Wildman–Crippen MR) is 60.3 cm³/mol. The van der Waals surface area contributed by atoms with Crippen LogP contribution in [0.1, 0.15) is 19.5 Å². The van der Waals surface area contributed by atoms with Crippen molar-refractivity contribution in [2.45, 2.75) is 26.4 Å². The Labute approximate surface area is 89.9 Å². The molecule has 1 aromatic rings. The van der Waals surface area contributed by atoms with Crippen molar-refractivity contribution in [3.63, 3.8) is 0 Å². The molecule has 0 saturated carbocycles. The lowest BCUT2D eigenvalue weighted by molar-refractivity contribution is 0.263. The van der Waals surface area contributed by atoms with Gasteiger partial charge in [-0.25, -0.2) is 4.98 Å². The Hall–Kier alpha value is -0.800. The zero-order chi connectivity index (χ0) is 10.7. The van der Waals surface area contributed by atoms with E-state index in [9.17, 15) is 0 Å². The molecule has 1 aromatic heterocycles. The molecule has 0 aliphatic heterocycles. The van der Waals surface area contributed by atoms with Crippen LogP contribution < -0.4 is 5.73 Å². The number of anilines is 1. The third-order valence-corrected chi connectivity index (χ3v) is 2.57. The van der Waals surface area contributed by atoms with Crippen LogP contribution in [0.25, 0.3) is 0 Å². The zero-order valence-electron chi connectivity index (χ0n) is 8.79. The summed E-state index contributed by atoms with van der Waals surface area (Å²) in [7, 11) is 2.03. The van der Waals surface area contributed by atoms with Gasteiger partial charge >= 0.3 is 0 Å². The van der Waals surface area contributed by atoms with Gasteiger partial charge in [0.05, 0.1) is 10.7 Å². The summed E-state index contributed by atoms with van der Waals surface area (Å²) in [6.45, 7) is 4.97. The number of nitrogen functional groups attached to an aromatic ring is 1. The molecule has 0 saturated heterocycles. The van der Waals surface area contributed by atoms with Gasteiger partial charge < -0.3 is 5.73 Å². The lowest BCUT2D eigenvalue weighted by Crippen LogP contribution is -2.26. The monoisotopic (exact) mass is 213 g/mol. The van der Waals surface area contributed by atoms with Crippen LogP contribution in [0.4, 0.5) is 5.82 Å². The van der Waals surface area contributed by atoms with E-state index in [1.54, 1.807) is 12.1 Å². The summed E-state index contributed by atoms with van der Waals surface area (Å²) < 4.78 is 0. The van der Waals surface area contributed by atoms with Crippen LogP contribution in [-0.4, -0.2) is 23.0 Å². The average Bonchev–Trinajstić information content (AvgIpc) is 2.11. The largest absolute Gasteiger partial charge is 0.384 e. The maximum absolute atomic E-state index is 6.00. The fraction of sp³-hybridized carbons (Fsp3) is 0.500. The molecule has 1 heterocycles. The third kappa shape index (κ3) is 2.86. The number of rotatable bonds is 3. The number of pyridine rings is 1. The van der Waals surface area contributed by atoms with Crippen molar-refractivity contribution in [1.82, 2.24) is 9.88 Å². The first-order valence-corrected chi connectivity index (χ1v) is 4.99. The van der Waals surface area contributed by atoms with E-state index >= 15 is 0 Å². The number of nitrogens with zero attached hydrogens (tertiary/aromatic N) is 2. The van der Waals surface area contributed by atoms with E-state index < -0.39 is 0 Å². The third-order valence-electron chi connectivity index (χ3n) is 2.22. The minimum Gasteiger partial charge on any atom is -0.384 e. The number of hydrogen-bond acceptors (Lipinski definition) is 3. The molecule has 0 aliphatic rings. The molecule has 4 heteroatoms. The van der Waals surface area contributed by atoms with Crippen molar-refractivity contribution >= 4 is 17.4 Å². The molecule has 3 nitrogen and oxygen atoms in total. The second kappa shape index (κ2) is 4.62. The van der Waals surface area contributed by atoms with Gasteiger partial charge in [-0.15, -0.1) is 0 Å². The van der Waals surface area contributed by atoms with Crippen LogP contribution in [0.3, 0.4) is 0 Å². The zero-order valence-corrected chi connectivity index (χ0v) is 9.54. The molecule has 1 rings (SSSR count). The lowest BCUT2D eigenvalue weighted by atomic mass is 10.3. The van der Waals surface area contributed by atoms with E-state index in [2.05, 4.69) is 23.7 Å². The van der Waals surface area contributed by atoms with E-state index in [1.807, 2.05) is 7.05 Å². The SMILES string of the molecule is CC(C)N(C)Cc1nc(N)ccc1Cl. The van der Waals surface area contributed by atoms with E-state index in [-0.39, 0.29) is 0 Å². The Bertz CT molecular complexity index is 312. The lowest BCUT2D eigenvalue weighted by Gasteiger charge is -2.20. The Kier molecular flexibility index (Phi) is 3.72. The van der Waals surface area contributed by atoms with E-state index in [0.717, 1.165) is 12.2 Å². The molecule has 0 bridgehead atoms. The highest BCUT2D eigenvalue weighted by Crippen LogP contribution is 2.17. The molecule has 78 valence electrons. The quantitative estimate of drug-likeness (QED) is 0.837.